The molecule has 2 aromatic rings. The fourth-order valence-corrected chi connectivity index (χ4v) is 4.59. The summed E-state index contributed by atoms with van der Waals surface area (Å²) in [7, 11) is 0. The molecular weight excluding hydrogens is 568 g/mol. The van der Waals surface area contributed by atoms with Crippen LogP contribution in [0.3, 0.4) is 0 Å². The van der Waals surface area contributed by atoms with Crippen molar-refractivity contribution >= 4 is 35.4 Å². The van der Waals surface area contributed by atoms with E-state index in [0.29, 0.717) is 5.56 Å². The van der Waals surface area contributed by atoms with E-state index in [-0.39, 0.29) is 30.9 Å². The largest absolute Gasteiger partial charge is 0.508 e. The molecule has 2 aromatic carbocycles. The van der Waals surface area contributed by atoms with Gasteiger partial charge in [-0.3, -0.25) is 28.8 Å². The Labute approximate surface area is 255 Å². The lowest BCUT2D eigenvalue weighted by Crippen LogP contribution is -2.59. The van der Waals surface area contributed by atoms with Crippen molar-refractivity contribution in [3.05, 3.63) is 65.7 Å². The lowest BCUT2D eigenvalue weighted by Gasteiger charge is -2.25. The van der Waals surface area contributed by atoms with Gasteiger partial charge in [-0.15, -0.1) is 0 Å². The fourth-order valence-electron chi connectivity index (χ4n) is 4.59. The van der Waals surface area contributed by atoms with Gasteiger partial charge < -0.3 is 37.0 Å². The van der Waals surface area contributed by atoms with Crippen LogP contribution >= 0.6 is 0 Å². The van der Waals surface area contributed by atoms with E-state index in [1.807, 2.05) is 19.9 Å². The number of aromatic hydroxyl groups is 1. The van der Waals surface area contributed by atoms with Crippen LogP contribution in [0.4, 0.5) is 0 Å². The van der Waals surface area contributed by atoms with Gasteiger partial charge >= 0.3 is 0 Å². The molecule has 1 aliphatic heterocycles. The molecule has 13 nitrogen and oxygen atoms in total. The Morgan fingerprint density at radius 1 is 0.636 bits per heavy atom. The third-order valence-corrected chi connectivity index (χ3v) is 6.90. The molecule has 1 saturated heterocycles. The van der Waals surface area contributed by atoms with E-state index in [1.54, 1.807) is 36.4 Å². The Balaban J connectivity index is 1.91. The number of carbonyl (C=O) groups excluding carboxylic acids is 6. The van der Waals surface area contributed by atoms with E-state index in [9.17, 15) is 33.9 Å². The molecule has 1 fully saturated rings. The number of phenolic OH excluding ortho intramolecular Hbond substituents is 1. The van der Waals surface area contributed by atoms with Gasteiger partial charge in [0.25, 0.3) is 0 Å². The third-order valence-electron chi connectivity index (χ3n) is 6.90. The molecule has 3 rings (SSSR count). The number of hydrogen-bond acceptors (Lipinski definition) is 7. The first-order valence-electron chi connectivity index (χ1n) is 14.5. The predicted octanol–water partition coefficient (Wildman–Crippen LogP) is -0.571. The summed E-state index contributed by atoms with van der Waals surface area (Å²) in [6.07, 6.45) is 0.375. The van der Waals surface area contributed by atoms with Crippen LogP contribution in [-0.4, -0.2) is 77.8 Å². The summed E-state index contributed by atoms with van der Waals surface area (Å²) < 4.78 is 0. The van der Waals surface area contributed by atoms with Crippen molar-refractivity contribution in [2.75, 3.05) is 13.1 Å². The Hall–Kier alpha value is -4.94. The van der Waals surface area contributed by atoms with Crippen LogP contribution in [0.25, 0.3) is 0 Å². The second kappa shape index (κ2) is 16.1. The van der Waals surface area contributed by atoms with Gasteiger partial charge in [0, 0.05) is 12.8 Å². The monoisotopic (exact) mass is 608 g/mol. The zero-order valence-electron chi connectivity index (χ0n) is 25.0. The van der Waals surface area contributed by atoms with Crippen molar-refractivity contribution in [3.8, 4) is 5.75 Å². The molecule has 7 N–H and O–H groups in total. The summed E-state index contributed by atoms with van der Waals surface area (Å²) >= 11 is 0. The second-order valence-electron chi connectivity index (χ2n) is 11.2. The Morgan fingerprint density at radius 3 is 1.73 bits per heavy atom. The highest BCUT2D eigenvalue weighted by molar-refractivity contribution is 5.96. The minimum atomic E-state index is -1.17. The Bertz CT molecular complexity index is 1330. The molecule has 13 heteroatoms. The van der Waals surface area contributed by atoms with E-state index in [0.717, 1.165) is 5.56 Å². The van der Waals surface area contributed by atoms with Crippen molar-refractivity contribution in [1.29, 1.82) is 0 Å². The highest BCUT2D eigenvalue weighted by Gasteiger charge is 2.30. The van der Waals surface area contributed by atoms with Crippen molar-refractivity contribution in [3.63, 3.8) is 0 Å². The first-order valence-corrected chi connectivity index (χ1v) is 14.5. The molecule has 0 unspecified atom stereocenters. The lowest BCUT2D eigenvalue weighted by atomic mass is 10.0. The van der Waals surface area contributed by atoms with Gasteiger partial charge in [0.05, 0.1) is 13.1 Å². The topological polar surface area (TPSA) is 195 Å². The van der Waals surface area contributed by atoms with Gasteiger partial charge in [-0.25, -0.2) is 0 Å². The molecule has 0 radical (unpaired) electrons. The number of phenols is 1. The number of amides is 6. The third kappa shape index (κ3) is 10.7. The zero-order chi connectivity index (χ0) is 32.2. The maximum atomic E-state index is 13.6. The summed E-state index contributed by atoms with van der Waals surface area (Å²) in [4.78, 5) is 78.2. The van der Waals surface area contributed by atoms with Crippen molar-refractivity contribution in [1.82, 2.24) is 31.9 Å². The van der Waals surface area contributed by atoms with Crippen molar-refractivity contribution < 1.29 is 33.9 Å². The van der Waals surface area contributed by atoms with Gasteiger partial charge in [-0.1, -0.05) is 56.3 Å². The quantitative estimate of drug-likeness (QED) is 0.228. The average Bonchev–Trinajstić information content (AvgIpc) is 2.98. The molecular formula is C31H40N6O7. The molecule has 4 atom stereocenters. The van der Waals surface area contributed by atoms with Gasteiger partial charge in [-0.2, -0.15) is 0 Å². The summed E-state index contributed by atoms with van der Waals surface area (Å²) in [5, 5.41) is 25.1. The van der Waals surface area contributed by atoms with Crippen LogP contribution in [0.5, 0.6) is 5.75 Å². The van der Waals surface area contributed by atoms with E-state index in [2.05, 4.69) is 31.9 Å². The Morgan fingerprint density at radius 2 is 1.14 bits per heavy atom. The average molecular weight is 609 g/mol. The molecule has 0 bridgehead atoms. The second-order valence-corrected chi connectivity index (χ2v) is 11.2. The van der Waals surface area contributed by atoms with Crippen LogP contribution in [0.1, 0.15) is 38.3 Å². The van der Waals surface area contributed by atoms with Crippen LogP contribution in [-0.2, 0) is 41.6 Å². The fraction of sp³-hybridized carbons (Fsp3) is 0.419. The Kier molecular flexibility index (Phi) is 12.2. The molecule has 1 aliphatic rings. The number of benzene rings is 2. The summed E-state index contributed by atoms with van der Waals surface area (Å²) in [6.45, 7) is 4.25. The van der Waals surface area contributed by atoms with Gasteiger partial charge in [0.15, 0.2) is 0 Å². The number of nitrogens with one attached hydrogen (secondary N) is 6. The van der Waals surface area contributed by atoms with Crippen LogP contribution in [0, 0.1) is 5.92 Å². The van der Waals surface area contributed by atoms with E-state index < -0.39 is 72.7 Å². The molecule has 1 heterocycles. The minimum absolute atomic E-state index is 0.00784. The zero-order valence-corrected chi connectivity index (χ0v) is 25.0. The van der Waals surface area contributed by atoms with Crippen LogP contribution in [0.15, 0.2) is 54.6 Å². The van der Waals surface area contributed by atoms with Crippen LogP contribution < -0.4 is 31.9 Å². The SMILES string of the molecule is CC(C)C[C@@H]1NC(=O)CNC(=O)[C@H](Cc2ccccc2)NC(=O)[C@H](Cc2ccc(O)cc2)NC(=O)[C@H](C)NC(=O)CNC1=O. The molecule has 0 spiro atoms. The molecule has 236 valence electrons. The van der Waals surface area contributed by atoms with E-state index in [4.69, 9.17) is 0 Å². The molecule has 0 aliphatic carbocycles. The number of hydrogen-bond donors (Lipinski definition) is 7. The highest BCUT2D eigenvalue weighted by Crippen LogP contribution is 2.12. The van der Waals surface area contributed by atoms with Crippen LogP contribution in [0.2, 0.25) is 0 Å². The predicted molar refractivity (Wildman–Crippen MR) is 161 cm³/mol. The van der Waals surface area contributed by atoms with Gasteiger partial charge in [0.2, 0.25) is 35.4 Å². The standard InChI is InChI=1S/C31H40N6O7/c1-18(2)13-23-29(42)32-16-26(39)34-19(3)28(41)36-25(15-21-9-11-22(38)12-10-21)31(44)37-24(14-20-7-5-4-6-8-20)30(43)33-17-27(40)35-23/h4-12,18-19,23-25,38H,13-17H2,1-3H3,(H,32,42)(H,33,43)(H,34,39)(H,35,40)(H,36,41)(H,37,44)/t19-,23-,24-,25-/m0/s1. The normalized spacial score (nSPS) is 22.8. The van der Waals surface area contributed by atoms with E-state index >= 15 is 0 Å². The lowest BCUT2D eigenvalue weighted by molar-refractivity contribution is -0.134. The molecule has 0 saturated carbocycles. The molecule has 0 aromatic heterocycles. The maximum absolute atomic E-state index is 13.6. The van der Waals surface area contributed by atoms with Crippen molar-refractivity contribution in [2.24, 2.45) is 5.92 Å². The first kappa shape index (κ1) is 33.6. The minimum Gasteiger partial charge on any atom is -0.508 e. The summed E-state index contributed by atoms with van der Waals surface area (Å²) in [5.74, 6) is -3.79. The summed E-state index contributed by atoms with van der Waals surface area (Å²) in [6, 6.07) is 10.7. The summed E-state index contributed by atoms with van der Waals surface area (Å²) in [5.41, 5.74) is 1.35. The highest BCUT2D eigenvalue weighted by atomic mass is 16.3. The van der Waals surface area contributed by atoms with Gasteiger partial charge in [0.1, 0.15) is 29.9 Å². The molecule has 44 heavy (non-hydrogen) atoms. The first-order chi connectivity index (χ1) is 20.9. The van der Waals surface area contributed by atoms with Gasteiger partial charge in [-0.05, 0) is 42.5 Å². The maximum Gasteiger partial charge on any atom is 0.243 e. The van der Waals surface area contributed by atoms with Crippen molar-refractivity contribution in [2.45, 2.75) is 64.2 Å². The van der Waals surface area contributed by atoms with E-state index in [1.165, 1.54) is 19.1 Å². The number of carbonyl (C=O) groups is 6. The molecule has 6 amide bonds. The smallest absolute Gasteiger partial charge is 0.243 e. The number of rotatable bonds is 6.